The molecule has 0 unspecified atom stereocenters. The Morgan fingerprint density at radius 2 is 2.11 bits per heavy atom. The zero-order valence-corrected chi connectivity index (χ0v) is 11.1. The largest absolute Gasteiger partial charge is 0.478 e. The highest BCUT2D eigenvalue weighted by atomic mass is 16.4. The summed E-state index contributed by atoms with van der Waals surface area (Å²) >= 11 is 0. The Hall–Kier alpha value is -2.24. The summed E-state index contributed by atoms with van der Waals surface area (Å²) in [6.07, 6.45) is 1.91. The molecule has 0 aromatic heterocycles. The van der Waals surface area contributed by atoms with Gasteiger partial charge in [-0.2, -0.15) is 0 Å². The molecule has 6 nitrogen and oxygen atoms in total. The second-order valence-corrected chi connectivity index (χ2v) is 4.22. The third-order valence-electron chi connectivity index (χ3n) is 2.75. The first kappa shape index (κ1) is 14.8. The summed E-state index contributed by atoms with van der Waals surface area (Å²) in [5, 5.41) is 11.6. The van der Waals surface area contributed by atoms with Gasteiger partial charge in [0.05, 0.1) is 16.9 Å². The van der Waals surface area contributed by atoms with Gasteiger partial charge in [-0.1, -0.05) is 13.3 Å². The molecule has 0 spiro atoms. The van der Waals surface area contributed by atoms with E-state index in [-0.39, 0.29) is 17.3 Å². The van der Waals surface area contributed by atoms with E-state index in [9.17, 15) is 9.59 Å². The van der Waals surface area contributed by atoms with Gasteiger partial charge < -0.3 is 16.2 Å². The number of nitrogens with zero attached hydrogens (tertiary/aromatic N) is 1. The highest BCUT2D eigenvalue weighted by Crippen LogP contribution is 2.23. The highest BCUT2D eigenvalue weighted by molar-refractivity contribution is 5.97. The number of nitrogens with two attached hydrogens (primary N) is 1. The van der Waals surface area contributed by atoms with Gasteiger partial charge in [-0.3, -0.25) is 4.90 Å². The molecular formula is C13H19N3O3. The van der Waals surface area contributed by atoms with Crippen LogP contribution in [-0.4, -0.2) is 30.7 Å². The number of rotatable bonds is 5. The molecule has 0 aliphatic heterocycles. The van der Waals surface area contributed by atoms with Gasteiger partial charge >= 0.3 is 12.0 Å². The molecule has 0 aliphatic rings. The van der Waals surface area contributed by atoms with Crippen LogP contribution in [-0.2, 0) is 0 Å². The maximum Gasteiger partial charge on any atom is 0.335 e. The molecule has 0 heterocycles. The summed E-state index contributed by atoms with van der Waals surface area (Å²) in [6, 6.07) is 4.03. The minimum atomic E-state index is -1.05. The number of carbonyl (C=O) groups is 2. The Bertz CT molecular complexity index is 474. The first-order valence-electron chi connectivity index (χ1n) is 6.11. The van der Waals surface area contributed by atoms with Crippen molar-refractivity contribution in [3.05, 3.63) is 23.8 Å². The van der Waals surface area contributed by atoms with Gasteiger partial charge in [0.1, 0.15) is 0 Å². The van der Waals surface area contributed by atoms with E-state index in [1.165, 1.54) is 23.1 Å². The number of hydrogen-bond donors (Lipinski definition) is 3. The van der Waals surface area contributed by atoms with Gasteiger partial charge in [-0.15, -0.1) is 0 Å². The normalized spacial score (nSPS) is 10.0. The zero-order chi connectivity index (χ0) is 14.4. The molecule has 0 bridgehead atoms. The second kappa shape index (κ2) is 6.63. The molecule has 1 aromatic rings. The van der Waals surface area contributed by atoms with Gasteiger partial charge in [0, 0.05) is 13.6 Å². The van der Waals surface area contributed by atoms with Gasteiger partial charge in [-0.05, 0) is 24.6 Å². The Labute approximate surface area is 112 Å². The third-order valence-corrected chi connectivity index (χ3v) is 2.75. The van der Waals surface area contributed by atoms with Crippen LogP contribution in [0.3, 0.4) is 0 Å². The average Bonchev–Trinajstić information content (AvgIpc) is 2.37. The van der Waals surface area contributed by atoms with Crippen LogP contribution >= 0.6 is 0 Å². The molecule has 0 radical (unpaired) electrons. The lowest BCUT2D eigenvalue weighted by molar-refractivity contribution is 0.0697. The summed E-state index contributed by atoms with van der Waals surface area (Å²) in [5.74, 6) is -1.05. The van der Waals surface area contributed by atoms with Crippen LogP contribution in [0.1, 0.15) is 30.1 Å². The van der Waals surface area contributed by atoms with Crippen molar-refractivity contribution in [3.63, 3.8) is 0 Å². The van der Waals surface area contributed by atoms with E-state index in [2.05, 4.69) is 5.32 Å². The number of nitrogen functional groups attached to an aromatic ring is 1. The number of carboxylic acids is 1. The van der Waals surface area contributed by atoms with Crippen LogP contribution in [0, 0.1) is 0 Å². The standard InChI is InChI=1S/C13H19N3O3/c1-3-4-7-15-13(19)16(2)11-6-5-9(12(17)18)8-10(11)14/h5-6,8H,3-4,7,14H2,1-2H3,(H,15,19)(H,17,18). The fraction of sp³-hybridized carbons (Fsp3) is 0.385. The molecule has 0 aliphatic carbocycles. The summed E-state index contributed by atoms with van der Waals surface area (Å²) in [6.45, 7) is 2.64. The summed E-state index contributed by atoms with van der Waals surface area (Å²) in [5.41, 5.74) is 6.61. The van der Waals surface area contributed by atoms with Gasteiger partial charge in [0.25, 0.3) is 0 Å². The number of nitrogens with one attached hydrogen (secondary N) is 1. The average molecular weight is 265 g/mol. The van der Waals surface area contributed by atoms with E-state index in [0.717, 1.165) is 12.8 Å². The van der Waals surface area contributed by atoms with Crippen molar-refractivity contribution in [1.82, 2.24) is 5.32 Å². The minimum Gasteiger partial charge on any atom is -0.478 e. The predicted molar refractivity (Wildman–Crippen MR) is 74.5 cm³/mol. The van der Waals surface area contributed by atoms with Crippen LogP contribution in [0.4, 0.5) is 16.2 Å². The lowest BCUT2D eigenvalue weighted by Crippen LogP contribution is -2.38. The van der Waals surface area contributed by atoms with Crippen molar-refractivity contribution < 1.29 is 14.7 Å². The van der Waals surface area contributed by atoms with E-state index < -0.39 is 5.97 Å². The molecule has 104 valence electrons. The van der Waals surface area contributed by atoms with E-state index in [1.54, 1.807) is 7.05 Å². The van der Waals surface area contributed by atoms with Crippen LogP contribution in [0.2, 0.25) is 0 Å². The molecule has 19 heavy (non-hydrogen) atoms. The monoisotopic (exact) mass is 265 g/mol. The molecule has 0 fully saturated rings. The van der Waals surface area contributed by atoms with Crippen LogP contribution in [0.15, 0.2) is 18.2 Å². The van der Waals surface area contributed by atoms with Crippen molar-refractivity contribution in [1.29, 1.82) is 0 Å². The Morgan fingerprint density at radius 3 is 2.63 bits per heavy atom. The van der Waals surface area contributed by atoms with Crippen LogP contribution in [0.5, 0.6) is 0 Å². The van der Waals surface area contributed by atoms with Crippen molar-refractivity contribution in [3.8, 4) is 0 Å². The molecule has 1 aromatic carbocycles. The Kier molecular flexibility index (Phi) is 5.17. The highest BCUT2D eigenvalue weighted by Gasteiger charge is 2.14. The number of carbonyl (C=O) groups excluding carboxylic acids is 1. The third kappa shape index (κ3) is 3.87. The number of benzene rings is 1. The molecule has 2 amide bonds. The number of unbranched alkanes of at least 4 members (excludes halogenated alkanes) is 1. The number of hydrogen-bond acceptors (Lipinski definition) is 3. The lowest BCUT2D eigenvalue weighted by atomic mass is 10.1. The number of aromatic carboxylic acids is 1. The maximum absolute atomic E-state index is 11.8. The van der Waals surface area contributed by atoms with Crippen LogP contribution in [0.25, 0.3) is 0 Å². The number of urea groups is 1. The predicted octanol–water partition coefficient (Wildman–Crippen LogP) is 1.91. The first-order chi connectivity index (χ1) is 8.97. The molecular weight excluding hydrogens is 246 g/mol. The quantitative estimate of drug-likeness (QED) is 0.559. The number of anilines is 2. The summed E-state index contributed by atoms with van der Waals surface area (Å²) in [4.78, 5) is 24.0. The van der Waals surface area contributed by atoms with Crippen LogP contribution < -0.4 is 16.0 Å². The Morgan fingerprint density at radius 1 is 1.42 bits per heavy atom. The van der Waals surface area contributed by atoms with Gasteiger partial charge in [0.15, 0.2) is 0 Å². The second-order valence-electron chi connectivity index (χ2n) is 4.22. The SMILES string of the molecule is CCCCNC(=O)N(C)c1ccc(C(=O)O)cc1N. The minimum absolute atomic E-state index is 0.0982. The molecule has 0 saturated heterocycles. The zero-order valence-electron chi connectivity index (χ0n) is 11.1. The molecule has 6 heteroatoms. The summed E-state index contributed by atoms with van der Waals surface area (Å²) in [7, 11) is 1.59. The first-order valence-corrected chi connectivity index (χ1v) is 6.11. The smallest absolute Gasteiger partial charge is 0.335 e. The van der Waals surface area contributed by atoms with Crippen molar-refractivity contribution in [2.45, 2.75) is 19.8 Å². The summed E-state index contributed by atoms with van der Waals surface area (Å²) < 4.78 is 0. The topological polar surface area (TPSA) is 95.7 Å². The van der Waals surface area contributed by atoms with E-state index in [4.69, 9.17) is 10.8 Å². The maximum atomic E-state index is 11.8. The lowest BCUT2D eigenvalue weighted by Gasteiger charge is -2.20. The fourth-order valence-corrected chi connectivity index (χ4v) is 1.59. The fourth-order valence-electron chi connectivity index (χ4n) is 1.59. The molecule has 0 saturated carbocycles. The van der Waals surface area contributed by atoms with Crippen molar-refractivity contribution in [2.24, 2.45) is 0 Å². The van der Waals surface area contributed by atoms with Gasteiger partial charge in [-0.25, -0.2) is 9.59 Å². The number of amides is 2. The van der Waals surface area contributed by atoms with E-state index in [1.807, 2.05) is 6.92 Å². The molecule has 1 rings (SSSR count). The van der Waals surface area contributed by atoms with Crippen molar-refractivity contribution in [2.75, 3.05) is 24.2 Å². The van der Waals surface area contributed by atoms with E-state index >= 15 is 0 Å². The number of carboxylic acid groups (broad SMARTS) is 1. The molecule has 0 atom stereocenters. The van der Waals surface area contributed by atoms with E-state index in [0.29, 0.717) is 12.2 Å². The van der Waals surface area contributed by atoms with Crippen molar-refractivity contribution >= 4 is 23.4 Å². The van der Waals surface area contributed by atoms with Gasteiger partial charge in [0.2, 0.25) is 0 Å². The Balaban J connectivity index is 2.79. The molecule has 4 N–H and O–H groups in total.